The molecule has 0 aliphatic heterocycles. The van der Waals surface area contributed by atoms with Crippen molar-refractivity contribution in [2.75, 3.05) is 26.4 Å². The molecular formula is C11H13BrClNO3. The van der Waals surface area contributed by atoms with Crippen LogP contribution in [0.3, 0.4) is 0 Å². The number of nitrogens with one attached hydrogen (secondary N) is 1. The van der Waals surface area contributed by atoms with E-state index < -0.39 is 0 Å². The summed E-state index contributed by atoms with van der Waals surface area (Å²) in [5.41, 5.74) is 0.420. The monoisotopic (exact) mass is 321 g/mol. The predicted octanol–water partition coefficient (Wildman–Crippen LogP) is 1.84. The van der Waals surface area contributed by atoms with Gasteiger partial charge in [0.15, 0.2) is 0 Å². The number of halogens is 2. The van der Waals surface area contributed by atoms with E-state index in [9.17, 15) is 4.79 Å². The minimum Gasteiger partial charge on any atom is -0.394 e. The highest BCUT2D eigenvalue weighted by Gasteiger charge is 2.09. The molecule has 1 rings (SSSR count). The van der Waals surface area contributed by atoms with Crippen LogP contribution in [-0.2, 0) is 4.74 Å². The van der Waals surface area contributed by atoms with Gasteiger partial charge in [-0.15, -0.1) is 0 Å². The highest BCUT2D eigenvalue weighted by atomic mass is 79.9. The third-order valence-corrected chi connectivity index (χ3v) is 2.76. The number of ether oxygens (including phenoxy) is 1. The van der Waals surface area contributed by atoms with E-state index in [-0.39, 0.29) is 19.1 Å². The summed E-state index contributed by atoms with van der Waals surface area (Å²) in [6.07, 6.45) is 0. The zero-order valence-corrected chi connectivity index (χ0v) is 11.4. The van der Waals surface area contributed by atoms with Gasteiger partial charge in [-0.05, 0) is 18.2 Å². The van der Waals surface area contributed by atoms with Crippen LogP contribution in [0.25, 0.3) is 0 Å². The summed E-state index contributed by atoms with van der Waals surface area (Å²) in [5.74, 6) is -0.246. The standard InChI is InChI=1S/C11H13BrClNO3/c12-8-1-2-10(13)9(7-8)11(16)14-3-5-17-6-4-15/h1-2,7,15H,3-6H2,(H,14,16). The molecule has 0 fully saturated rings. The SMILES string of the molecule is O=C(NCCOCCO)c1cc(Br)ccc1Cl. The van der Waals surface area contributed by atoms with Crippen molar-refractivity contribution in [3.8, 4) is 0 Å². The number of amides is 1. The first-order valence-corrected chi connectivity index (χ1v) is 6.24. The van der Waals surface area contributed by atoms with E-state index in [1.165, 1.54) is 0 Å². The molecule has 0 aromatic heterocycles. The topological polar surface area (TPSA) is 58.6 Å². The third kappa shape index (κ3) is 5.04. The molecule has 1 amide bonds. The quantitative estimate of drug-likeness (QED) is 0.786. The molecule has 6 heteroatoms. The van der Waals surface area contributed by atoms with E-state index in [1.807, 2.05) is 0 Å². The molecule has 0 aliphatic carbocycles. The molecular weight excluding hydrogens is 309 g/mol. The summed E-state index contributed by atoms with van der Waals surface area (Å²) >= 11 is 9.18. The maximum Gasteiger partial charge on any atom is 0.252 e. The van der Waals surface area contributed by atoms with Crippen molar-refractivity contribution < 1.29 is 14.6 Å². The lowest BCUT2D eigenvalue weighted by molar-refractivity contribution is 0.0838. The lowest BCUT2D eigenvalue weighted by Crippen LogP contribution is -2.27. The van der Waals surface area contributed by atoms with Gasteiger partial charge >= 0.3 is 0 Å². The Labute approximate surface area is 113 Å². The van der Waals surface area contributed by atoms with Gasteiger partial charge in [0.05, 0.1) is 30.4 Å². The lowest BCUT2D eigenvalue weighted by Gasteiger charge is -2.07. The third-order valence-electron chi connectivity index (χ3n) is 1.94. The summed E-state index contributed by atoms with van der Waals surface area (Å²) in [6, 6.07) is 5.08. The molecule has 0 spiro atoms. The van der Waals surface area contributed by atoms with Crippen LogP contribution in [0.1, 0.15) is 10.4 Å². The predicted molar refractivity (Wildman–Crippen MR) is 69.4 cm³/mol. The van der Waals surface area contributed by atoms with Gasteiger partial charge in [-0.2, -0.15) is 0 Å². The first-order valence-electron chi connectivity index (χ1n) is 5.07. The van der Waals surface area contributed by atoms with Gasteiger partial charge < -0.3 is 15.2 Å². The molecule has 4 nitrogen and oxygen atoms in total. The van der Waals surface area contributed by atoms with Gasteiger partial charge in [0.2, 0.25) is 0 Å². The Hall–Kier alpha value is -0.620. The van der Waals surface area contributed by atoms with Crippen LogP contribution in [0.2, 0.25) is 5.02 Å². The Bertz CT molecular complexity index is 387. The Morgan fingerprint density at radius 2 is 2.24 bits per heavy atom. The van der Waals surface area contributed by atoms with Crippen molar-refractivity contribution in [3.63, 3.8) is 0 Å². The first-order chi connectivity index (χ1) is 8.15. The Morgan fingerprint density at radius 3 is 2.94 bits per heavy atom. The van der Waals surface area contributed by atoms with Crippen molar-refractivity contribution in [1.29, 1.82) is 0 Å². The maximum atomic E-state index is 11.7. The molecule has 94 valence electrons. The molecule has 1 aromatic carbocycles. The van der Waals surface area contributed by atoms with Crippen LogP contribution >= 0.6 is 27.5 Å². The van der Waals surface area contributed by atoms with Crippen LogP contribution in [0.15, 0.2) is 22.7 Å². The maximum absolute atomic E-state index is 11.7. The Kier molecular flexibility index (Phi) is 6.50. The average Bonchev–Trinajstić information content (AvgIpc) is 2.32. The van der Waals surface area contributed by atoms with Crippen LogP contribution in [-0.4, -0.2) is 37.4 Å². The normalized spacial score (nSPS) is 10.3. The van der Waals surface area contributed by atoms with Crippen molar-refractivity contribution in [2.24, 2.45) is 0 Å². The molecule has 0 unspecified atom stereocenters. The molecule has 0 saturated heterocycles. The second kappa shape index (κ2) is 7.66. The van der Waals surface area contributed by atoms with E-state index >= 15 is 0 Å². The van der Waals surface area contributed by atoms with Crippen LogP contribution in [0.4, 0.5) is 0 Å². The first kappa shape index (κ1) is 14.4. The molecule has 0 saturated carbocycles. The fourth-order valence-corrected chi connectivity index (χ4v) is 1.73. The molecule has 0 heterocycles. The second-order valence-corrected chi connectivity index (χ2v) is 4.54. The summed E-state index contributed by atoms with van der Waals surface area (Å²) in [5, 5.41) is 11.6. The molecule has 2 N–H and O–H groups in total. The summed E-state index contributed by atoms with van der Waals surface area (Å²) in [4.78, 5) is 11.7. The van der Waals surface area contributed by atoms with Crippen molar-refractivity contribution in [3.05, 3.63) is 33.3 Å². The van der Waals surface area contributed by atoms with Crippen LogP contribution in [0, 0.1) is 0 Å². The molecule has 0 bridgehead atoms. The second-order valence-electron chi connectivity index (χ2n) is 3.22. The van der Waals surface area contributed by atoms with Gasteiger partial charge in [0.1, 0.15) is 0 Å². The number of carbonyl (C=O) groups excluding carboxylic acids is 1. The van der Waals surface area contributed by atoms with E-state index in [1.54, 1.807) is 18.2 Å². The zero-order chi connectivity index (χ0) is 12.7. The molecule has 17 heavy (non-hydrogen) atoms. The van der Waals surface area contributed by atoms with Gasteiger partial charge in [-0.25, -0.2) is 0 Å². The fraction of sp³-hybridized carbons (Fsp3) is 0.364. The number of benzene rings is 1. The van der Waals surface area contributed by atoms with E-state index in [0.717, 1.165) is 4.47 Å². The van der Waals surface area contributed by atoms with E-state index in [4.69, 9.17) is 21.4 Å². The largest absolute Gasteiger partial charge is 0.394 e. The number of aliphatic hydroxyl groups excluding tert-OH is 1. The summed E-state index contributed by atoms with van der Waals surface area (Å²) < 4.78 is 5.81. The van der Waals surface area contributed by atoms with Crippen molar-refractivity contribution >= 4 is 33.4 Å². The summed E-state index contributed by atoms with van der Waals surface area (Å²) in [6.45, 7) is 0.985. The van der Waals surface area contributed by atoms with Gasteiger partial charge in [-0.1, -0.05) is 27.5 Å². The van der Waals surface area contributed by atoms with E-state index in [2.05, 4.69) is 21.2 Å². The zero-order valence-electron chi connectivity index (χ0n) is 9.08. The molecule has 0 aliphatic rings. The Balaban J connectivity index is 2.44. The number of hydrogen-bond donors (Lipinski definition) is 2. The van der Waals surface area contributed by atoms with Gasteiger partial charge in [-0.3, -0.25) is 4.79 Å². The van der Waals surface area contributed by atoms with Crippen molar-refractivity contribution in [1.82, 2.24) is 5.32 Å². The molecule has 0 radical (unpaired) electrons. The van der Waals surface area contributed by atoms with Crippen LogP contribution in [0.5, 0.6) is 0 Å². The number of rotatable bonds is 6. The highest BCUT2D eigenvalue weighted by molar-refractivity contribution is 9.10. The molecule has 1 aromatic rings. The number of carbonyl (C=O) groups is 1. The lowest BCUT2D eigenvalue weighted by atomic mass is 10.2. The smallest absolute Gasteiger partial charge is 0.252 e. The van der Waals surface area contributed by atoms with Crippen LogP contribution < -0.4 is 5.32 Å². The Morgan fingerprint density at radius 1 is 1.47 bits per heavy atom. The minimum absolute atomic E-state index is 0.0224. The summed E-state index contributed by atoms with van der Waals surface area (Å²) in [7, 11) is 0. The van der Waals surface area contributed by atoms with Gasteiger partial charge in [0.25, 0.3) is 5.91 Å². The molecule has 0 atom stereocenters. The minimum atomic E-state index is -0.246. The fourth-order valence-electron chi connectivity index (χ4n) is 1.17. The van der Waals surface area contributed by atoms with Gasteiger partial charge in [0, 0.05) is 11.0 Å². The number of hydrogen-bond acceptors (Lipinski definition) is 3. The average molecular weight is 323 g/mol. The number of aliphatic hydroxyl groups is 1. The van der Waals surface area contributed by atoms with Crippen molar-refractivity contribution in [2.45, 2.75) is 0 Å². The van der Waals surface area contributed by atoms with E-state index in [0.29, 0.717) is 23.7 Å². The highest BCUT2D eigenvalue weighted by Crippen LogP contribution is 2.20.